The van der Waals surface area contributed by atoms with Gasteiger partial charge >= 0.3 is 11.5 Å². The molecule has 0 radical (unpaired) electrons. The molecular formula is C6H6N4O4. The minimum atomic E-state index is -0.730. The Kier molecular flexibility index (Phi) is 2.67. The van der Waals surface area contributed by atoms with Crippen molar-refractivity contribution in [1.29, 1.82) is 0 Å². The van der Waals surface area contributed by atoms with Crippen LogP contribution >= 0.6 is 0 Å². The molecule has 14 heavy (non-hydrogen) atoms. The predicted octanol–water partition coefficient (Wildman–Crippen LogP) is 0.357. The van der Waals surface area contributed by atoms with Crippen LogP contribution in [-0.2, 0) is 6.54 Å². The van der Waals surface area contributed by atoms with Crippen LogP contribution in [0.15, 0.2) is 12.3 Å². The van der Waals surface area contributed by atoms with E-state index >= 15 is 0 Å². The minimum Gasteiger partial charge on any atom is -0.358 e. The van der Waals surface area contributed by atoms with Gasteiger partial charge in [-0.05, 0) is 9.91 Å². The molecule has 0 amide bonds. The first-order valence-electron chi connectivity index (χ1n) is 3.54. The van der Waals surface area contributed by atoms with Crippen LogP contribution in [0.4, 0.5) is 11.5 Å². The Morgan fingerprint density at radius 2 is 2.00 bits per heavy atom. The molecule has 0 aliphatic rings. The van der Waals surface area contributed by atoms with E-state index in [1.807, 2.05) is 0 Å². The third-order valence-electron chi connectivity index (χ3n) is 1.53. The summed E-state index contributed by atoms with van der Waals surface area (Å²) in [7, 11) is 0. The molecule has 0 bridgehead atoms. The summed E-state index contributed by atoms with van der Waals surface area (Å²) in [6.45, 7) is -0.162. The summed E-state index contributed by atoms with van der Waals surface area (Å²) in [5, 5.41) is 20.7. The lowest BCUT2D eigenvalue weighted by Crippen LogP contribution is -2.04. The molecule has 8 heteroatoms. The second-order valence-corrected chi connectivity index (χ2v) is 2.39. The molecule has 0 spiro atoms. The van der Waals surface area contributed by atoms with Gasteiger partial charge in [0, 0.05) is 12.6 Å². The van der Waals surface area contributed by atoms with Crippen molar-refractivity contribution in [2.75, 3.05) is 0 Å². The molecule has 0 saturated carbocycles. The second-order valence-electron chi connectivity index (χ2n) is 2.39. The largest absolute Gasteiger partial charge is 0.368 e. The molecule has 0 aliphatic heterocycles. The van der Waals surface area contributed by atoms with Crippen molar-refractivity contribution in [2.45, 2.75) is 6.54 Å². The van der Waals surface area contributed by atoms with Crippen LogP contribution in [0.3, 0.4) is 0 Å². The Morgan fingerprint density at radius 3 is 2.43 bits per heavy atom. The monoisotopic (exact) mass is 198 g/mol. The fourth-order valence-electron chi connectivity index (χ4n) is 0.905. The number of pyridine rings is 1. The van der Waals surface area contributed by atoms with Crippen molar-refractivity contribution in [3.05, 3.63) is 38.1 Å². The van der Waals surface area contributed by atoms with Crippen LogP contribution in [0, 0.1) is 20.2 Å². The lowest BCUT2D eigenvalue weighted by molar-refractivity contribution is -0.393. The molecule has 1 aromatic heterocycles. The van der Waals surface area contributed by atoms with E-state index in [1.165, 1.54) is 0 Å². The maximum absolute atomic E-state index is 10.4. The molecule has 1 rings (SSSR count). The number of aromatic nitrogens is 1. The molecule has 8 nitrogen and oxygen atoms in total. The Balaban J connectivity index is 3.25. The average Bonchev–Trinajstić information content (AvgIpc) is 2.16. The number of hydrogen-bond donors (Lipinski definition) is 1. The van der Waals surface area contributed by atoms with Gasteiger partial charge in [-0.1, -0.05) is 0 Å². The van der Waals surface area contributed by atoms with Gasteiger partial charge in [-0.15, -0.1) is 0 Å². The second kappa shape index (κ2) is 3.75. The lowest BCUT2D eigenvalue weighted by Gasteiger charge is -1.97. The van der Waals surface area contributed by atoms with E-state index in [4.69, 9.17) is 5.73 Å². The molecule has 0 aromatic carbocycles. The smallest absolute Gasteiger partial charge is 0.358 e. The lowest BCUT2D eigenvalue weighted by atomic mass is 10.2. The molecule has 0 unspecified atom stereocenters. The molecule has 1 heterocycles. The van der Waals surface area contributed by atoms with Crippen molar-refractivity contribution in [2.24, 2.45) is 5.73 Å². The standard InChI is InChI=1S/C6H6N4O4/c7-2-4-1-5(9(11)12)3-8-6(4)10(13)14/h1,3H,2,7H2. The van der Waals surface area contributed by atoms with E-state index in [1.54, 1.807) is 0 Å². The maximum atomic E-state index is 10.4. The van der Waals surface area contributed by atoms with Gasteiger partial charge in [0.05, 0.1) is 10.5 Å². The Hall–Kier alpha value is -2.09. The minimum absolute atomic E-state index is 0.0456. The summed E-state index contributed by atoms with van der Waals surface area (Å²) in [5.74, 6) is -0.446. The van der Waals surface area contributed by atoms with Crippen LogP contribution in [0.1, 0.15) is 5.56 Å². The number of hydrogen-bond acceptors (Lipinski definition) is 6. The van der Waals surface area contributed by atoms with Gasteiger partial charge in [0.15, 0.2) is 0 Å². The van der Waals surface area contributed by atoms with Gasteiger partial charge in [0.1, 0.15) is 0 Å². The van der Waals surface area contributed by atoms with Crippen LogP contribution in [-0.4, -0.2) is 14.8 Å². The van der Waals surface area contributed by atoms with Gasteiger partial charge in [0.2, 0.25) is 6.20 Å². The summed E-state index contributed by atoms with van der Waals surface area (Å²) in [4.78, 5) is 22.6. The van der Waals surface area contributed by atoms with Crippen LogP contribution in [0.25, 0.3) is 0 Å². The van der Waals surface area contributed by atoms with Crippen LogP contribution < -0.4 is 5.73 Å². The van der Waals surface area contributed by atoms with Gasteiger partial charge in [-0.25, -0.2) is 0 Å². The average molecular weight is 198 g/mol. The zero-order chi connectivity index (χ0) is 10.7. The van der Waals surface area contributed by atoms with Crippen molar-refractivity contribution in [1.82, 2.24) is 4.98 Å². The normalized spacial score (nSPS) is 9.79. The number of nitro groups is 2. The van der Waals surface area contributed by atoms with Crippen LogP contribution in [0.5, 0.6) is 0 Å². The molecule has 1 aromatic rings. The highest BCUT2D eigenvalue weighted by molar-refractivity contribution is 5.40. The molecule has 0 aliphatic carbocycles. The third kappa shape index (κ3) is 1.80. The predicted molar refractivity (Wildman–Crippen MR) is 45.4 cm³/mol. The maximum Gasteiger partial charge on any atom is 0.368 e. The molecule has 0 fully saturated rings. The first-order valence-corrected chi connectivity index (χ1v) is 3.54. The molecule has 0 atom stereocenters. The highest BCUT2D eigenvalue weighted by Gasteiger charge is 2.19. The van der Waals surface area contributed by atoms with E-state index in [0.29, 0.717) is 0 Å². The summed E-state index contributed by atoms with van der Waals surface area (Å²) in [6, 6.07) is 1.05. The highest BCUT2D eigenvalue weighted by atomic mass is 16.6. The summed E-state index contributed by atoms with van der Waals surface area (Å²) >= 11 is 0. The summed E-state index contributed by atoms with van der Waals surface area (Å²) in [6.07, 6.45) is 0.831. The highest BCUT2D eigenvalue weighted by Crippen LogP contribution is 2.19. The van der Waals surface area contributed by atoms with Gasteiger partial charge in [0.25, 0.3) is 0 Å². The Bertz CT molecular complexity index is 391. The van der Waals surface area contributed by atoms with E-state index in [0.717, 1.165) is 12.3 Å². The van der Waals surface area contributed by atoms with Gasteiger partial charge < -0.3 is 15.8 Å². The zero-order valence-electron chi connectivity index (χ0n) is 6.91. The van der Waals surface area contributed by atoms with Crippen molar-refractivity contribution < 1.29 is 9.85 Å². The molecular weight excluding hydrogens is 192 g/mol. The summed E-state index contributed by atoms with van der Waals surface area (Å²) < 4.78 is 0. The number of nitrogens with zero attached hydrogens (tertiary/aromatic N) is 3. The fourth-order valence-corrected chi connectivity index (χ4v) is 0.905. The van der Waals surface area contributed by atoms with Crippen LogP contribution in [0.2, 0.25) is 0 Å². The number of nitrogens with two attached hydrogens (primary N) is 1. The Labute approximate surface area is 77.7 Å². The summed E-state index contributed by atoms with van der Waals surface area (Å²) in [5.41, 5.74) is 4.93. The zero-order valence-corrected chi connectivity index (χ0v) is 6.91. The van der Waals surface area contributed by atoms with Crippen molar-refractivity contribution in [3.63, 3.8) is 0 Å². The van der Waals surface area contributed by atoms with Crippen molar-refractivity contribution in [3.8, 4) is 0 Å². The first-order chi connectivity index (χ1) is 6.56. The van der Waals surface area contributed by atoms with E-state index in [9.17, 15) is 20.2 Å². The van der Waals surface area contributed by atoms with E-state index < -0.39 is 15.7 Å². The van der Waals surface area contributed by atoms with Crippen molar-refractivity contribution >= 4 is 11.5 Å². The molecule has 74 valence electrons. The third-order valence-corrected chi connectivity index (χ3v) is 1.53. The topological polar surface area (TPSA) is 125 Å². The Morgan fingerprint density at radius 1 is 1.36 bits per heavy atom. The van der Waals surface area contributed by atoms with E-state index in [2.05, 4.69) is 4.98 Å². The fraction of sp³-hybridized carbons (Fsp3) is 0.167. The SMILES string of the molecule is NCc1cc([N+](=O)[O-])cnc1[N+](=O)[O-]. The first kappa shape index (κ1) is 9.99. The quantitative estimate of drug-likeness (QED) is 0.551. The number of rotatable bonds is 3. The van der Waals surface area contributed by atoms with E-state index in [-0.39, 0.29) is 17.8 Å². The van der Waals surface area contributed by atoms with Gasteiger partial charge in [-0.3, -0.25) is 10.1 Å². The van der Waals surface area contributed by atoms with Gasteiger partial charge in [-0.2, -0.15) is 0 Å². The molecule has 2 N–H and O–H groups in total. The molecule has 0 saturated heterocycles.